The van der Waals surface area contributed by atoms with Crippen molar-refractivity contribution in [3.8, 4) is 11.9 Å². The highest BCUT2D eigenvalue weighted by atomic mass is 19.3. The Balaban J connectivity index is 1.82. The number of fused-ring (bicyclic) bond motifs is 1. The summed E-state index contributed by atoms with van der Waals surface area (Å²) < 4.78 is 32.3. The molecule has 5 nitrogen and oxygen atoms in total. The molecule has 2 aromatic rings. The largest absolute Gasteiger partial charge is 0.474 e. The molecule has 0 radical (unpaired) electrons. The van der Waals surface area contributed by atoms with Crippen molar-refractivity contribution in [2.75, 3.05) is 0 Å². The highest BCUT2D eigenvalue weighted by Gasteiger charge is 2.36. The summed E-state index contributed by atoms with van der Waals surface area (Å²) in [6.07, 6.45) is 6.92. The van der Waals surface area contributed by atoms with Gasteiger partial charge in [-0.1, -0.05) is 6.08 Å². The van der Waals surface area contributed by atoms with Crippen LogP contribution < -0.4 is 4.74 Å². The predicted molar refractivity (Wildman–Crippen MR) is 80.2 cm³/mol. The van der Waals surface area contributed by atoms with E-state index in [-0.39, 0.29) is 18.9 Å². The summed E-state index contributed by atoms with van der Waals surface area (Å²) in [5.41, 5.74) is 1.54. The summed E-state index contributed by atoms with van der Waals surface area (Å²) in [7, 11) is 0. The number of aromatic amines is 1. The average Bonchev–Trinajstić information content (AvgIpc) is 2.94. The van der Waals surface area contributed by atoms with E-state index in [1.165, 1.54) is 12.4 Å². The van der Waals surface area contributed by atoms with Crippen LogP contribution >= 0.6 is 0 Å². The third kappa shape index (κ3) is 3.47. The molecule has 0 unspecified atom stereocenters. The fourth-order valence-corrected chi connectivity index (χ4v) is 2.77. The lowest BCUT2D eigenvalue weighted by Crippen LogP contribution is -2.31. The fraction of sp³-hybridized carbons (Fsp3) is 0.438. The molecule has 0 saturated heterocycles. The van der Waals surface area contributed by atoms with Crippen LogP contribution in [0.25, 0.3) is 11.0 Å². The average molecular weight is 318 g/mol. The highest BCUT2D eigenvalue weighted by Crippen LogP contribution is 2.35. The van der Waals surface area contributed by atoms with Crippen LogP contribution in [0.3, 0.4) is 0 Å². The van der Waals surface area contributed by atoms with Crippen LogP contribution in [-0.2, 0) is 6.42 Å². The molecule has 0 bridgehead atoms. The van der Waals surface area contributed by atoms with Gasteiger partial charge in [0.25, 0.3) is 0 Å². The quantitative estimate of drug-likeness (QED) is 0.875. The van der Waals surface area contributed by atoms with Crippen molar-refractivity contribution in [1.82, 2.24) is 15.0 Å². The molecule has 1 aliphatic carbocycles. The predicted octanol–water partition coefficient (Wildman–Crippen LogP) is 3.54. The second-order valence-corrected chi connectivity index (χ2v) is 5.63. The van der Waals surface area contributed by atoms with Crippen LogP contribution in [0.5, 0.6) is 5.88 Å². The number of alkyl halides is 2. The van der Waals surface area contributed by atoms with E-state index < -0.39 is 5.92 Å². The van der Waals surface area contributed by atoms with Crippen LogP contribution in [0.15, 0.2) is 24.7 Å². The van der Waals surface area contributed by atoms with E-state index >= 15 is 0 Å². The van der Waals surface area contributed by atoms with Gasteiger partial charge in [-0.05, 0) is 24.8 Å². The minimum absolute atomic E-state index is 0.156. The van der Waals surface area contributed by atoms with Gasteiger partial charge in [0.2, 0.25) is 11.8 Å². The third-order valence-corrected chi connectivity index (χ3v) is 3.99. The first kappa shape index (κ1) is 15.4. The van der Waals surface area contributed by atoms with Gasteiger partial charge in [0.1, 0.15) is 18.1 Å². The number of halogens is 2. The van der Waals surface area contributed by atoms with Gasteiger partial charge in [-0.25, -0.2) is 18.7 Å². The van der Waals surface area contributed by atoms with E-state index in [2.05, 4.69) is 15.0 Å². The Hall–Kier alpha value is -2.49. The molecule has 0 aliphatic heterocycles. The SMILES string of the molecule is N#C/C=C/Cc1c[nH]c2ncnc(OC3CCC(F)(F)CC3)c12. The number of rotatable bonds is 4. The van der Waals surface area contributed by atoms with Crippen molar-refractivity contribution in [1.29, 1.82) is 5.26 Å². The maximum atomic E-state index is 13.2. The molecule has 2 heterocycles. The number of nitrogens with zero attached hydrogens (tertiary/aromatic N) is 3. The van der Waals surface area contributed by atoms with Gasteiger partial charge in [0.15, 0.2) is 0 Å². The van der Waals surface area contributed by atoms with Crippen molar-refractivity contribution in [2.45, 2.75) is 44.1 Å². The van der Waals surface area contributed by atoms with E-state index in [1.807, 2.05) is 6.07 Å². The Morgan fingerprint density at radius 2 is 2.17 bits per heavy atom. The van der Waals surface area contributed by atoms with Crippen LogP contribution in [0, 0.1) is 11.3 Å². The number of H-pyrrole nitrogens is 1. The van der Waals surface area contributed by atoms with Gasteiger partial charge in [-0.3, -0.25) is 0 Å². The Kier molecular flexibility index (Phi) is 4.24. The zero-order valence-electron chi connectivity index (χ0n) is 12.4. The highest BCUT2D eigenvalue weighted by molar-refractivity contribution is 5.84. The molecule has 120 valence electrons. The minimum Gasteiger partial charge on any atom is -0.474 e. The normalized spacial score (nSPS) is 18.3. The fourth-order valence-electron chi connectivity index (χ4n) is 2.77. The Morgan fingerprint density at radius 3 is 2.91 bits per heavy atom. The number of ether oxygens (including phenoxy) is 1. The maximum Gasteiger partial charge on any atom is 0.248 e. The maximum absolute atomic E-state index is 13.2. The van der Waals surface area contributed by atoms with Gasteiger partial charge in [-0.15, -0.1) is 0 Å². The number of hydrogen-bond donors (Lipinski definition) is 1. The van der Waals surface area contributed by atoms with E-state index in [9.17, 15) is 8.78 Å². The number of nitriles is 1. The minimum atomic E-state index is -2.58. The number of allylic oxidation sites excluding steroid dienone is 2. The molecule has 0 spiro atoms. The molecule has 0 aromatic carbocycles. The molecular weight excluding hydrogens is 302 g/mol. The van der Waals surface area contributed by atoms with E-state index in [0.717, 1.165) is 10.9 Å². The molecule has 0 amide bonds. The second-order valence-electron chi connectivity index (χ2n) is 5.63. The van der Waals surface area contributed by atoms with E-state index in [0.29, 0.717) is 30.8 Å². The van der Waals surface area contributed by atoms with Gasteiger partial charge in [-0.2, -0.15) is 5.26 Å². The lowest BCUT2D eigenvalue weighted by Gasteiger charge is -2.28. The summed E-state index contributed by atoms with van der Waals surface area (Å²) in [5.74, 6) is -2.17. The molecule has 0 atom stereocenters. The second kappa shape index (κ2) is 6.32. The monoisotopic (exact) mass is 318 g/mol. The first-order chi connectivity index (χ1) is 11.1. The Morgan fingerprint density at radius 1 is 1.39 bits per heavy atom. The number of nitrogens with one attached hydrogen (secondary N) is 1. The third-order valence-electron chi connectivity index (χ3n) is 3.99. The van der Waals surface area contributed by atoms with Gasteiger partial charge in [0, 0.05) is 25.1 Å². The van der Waals surface area contributed by atoms with Crippen molar-refractivity contribution in [3.05, 3.63) is 30.2 Å². The summed E-state index contributed by atoms with van der Waals surface area (Å²) in [5, 5.41) is 9.31. The summed E-state index contributed by atoms with van der Waals surface area (Å²) in [6, 6.07) is 1.94. The van der Waals surface area contributed by atoms with Crippen LogP contribution in [0.4, 0.5) is 8.78 Å². The lowest BCUT2D eigenvalue weighted by molar-refractivity contribution is -0.0586. The van der Waals surface area contributed by atoms with Crippen molar-refractivity contribution >= 4 is 11.0 Å². The van der Waals surface area contributed by atoms with Crippen LogP contribution in [0.2, 0.25) is 0 Å². The standard InChI is InChI=1S/C16H16F2N4O/c17-16(18)6-4-12(5-7-16)23-15-13-11(3-1-2-8-19)9-20-14(13)21-10-22-15/h1-2,9-10,12H,3-7H2,(H,20,21,22)/b2-1+. The van der Waals surface area contributed by atoms with Crippen molar-refractivity contribution in [3.63, 3.8) is 0 Å². The topological polar surface area (TPSA) is 74.6 Å². The number of hydrogen-bond acceptors (Lipinski definition) is 4. The molecule has 1 aliphatic rings. The molecule has 23 heavy (non-hydrogen) atoms. The molecule has 1 saturated carbocycles. The van der Waals surface area contributed by atoms with Crippen molar-refractivity contribution < 1.29 is 13.5 Å². The van der Waals surface area contributed by atoms with E-state index in [4.69, 9.17) is 10.00 Å². The van der Waals surface area contributed by atoms with Gasteiger partial charge < -0.3 is 9.72 Å². The first-order valence-electron chi connectivity index (χ1n) is 7.49. The summed E-state index contributed by atoms with van der Waals surface area (Å²) in [6.45, 7) is 0. The lowest BCUT2D eigenvalue weighted by atomic mass is 9.94. The van der Waals surface area contributed by atoms with Crippen molar-refractivity contribution in [2.24, 2.45) is 0 Å². The van der Waals surface area contributed by atoms with E-state index in [1.54, 1.807) is 12.3 Å². The van der Waals surface area contributed by atoms with Gasteiger partial charge in [0.05, 0.1) is 11.5 Å². The first-order valence-corrected chi connectivity index (χ1v) is 7.49. The summed E-state index contributed by atoms with van der Waals surface area (Å²) in [4.78, 5) is 11.4. The molecular formula is C16H16F2N4O. The molecule has 2 aromatic heterocycles. The zero-order chi connectivity index (χ0) is 16.3. The molecule has 7 heteroatoms. The summed E-state index contributed by atoms with van der Waals surface area (Å²) >= 11 is 0. The smallest absolute Gasteiger partial charge is 0.248 e. The molecule has 3 rings (SSSR count). The Bertz CT molecular complexity index is 753. The Labute approximate surface area is 132 Å². The molecule has 1 N–H and O–H groups in total. The van der Waals surface area contributed by atoms with Crippen LogP contribution in [0.1, 0.15) is 31.2 Å². The number of aromatic nitrogens is 3. The zero-order valence-corrected chi connectivity index (χ0v) is 12.4. The molecule has 1 fully saturated rings. The van der Waals surface area contributed by atoms with Crippen LogP contribution in [-0.4, -0.2) is 27.0 Å². The van der Waals surface area contributed by atoms with Gasteiger partial charge >= 0.3 is 0 Å².